The molecule has 0 bridgehead atoms. The van der Waals surface area contributed by atoms with E-state index in [9.17, 15) is 4.79 Å². The molecule has 106 valence electrons. The zero-order chi connectivity index (χ0) is 15.4. The molecule has 1 amide bonds. The third-order valence-electron chi connectivity index (χ3n) is 3.11. The van der Waals surface area contributed by atoms with Gasteiger partial charge in [0.05, 0.1) is 23.1 Å². The van der Waals surface area contributed by atoms with Crippen molar-refractivity contribution in [1.29, 1.82) is 0 Å². The van der Waals surface area contributed by atoms with Gasteiger partial charge in [0.15, 0.2) is 0 Å². The maximum Gasteiger partial charge on any atom is 0.259 e. The minimum absolute atomic E-state index is 0.261. The number of anilines is 1. The molecule has 0 fully saturated rings. The van der Waals surface area contributed by atoms with Gasteiger partial charge in [0.2, 0.25) is 0 Å². The lowest BCUT2D eigenvalue weighted by Gasteiger charge is -2.05. The molecule has 5 heteroatoms. The molecule has 2 N–H and O–H groups in total. The summed E-state index contributed by atoms with van der Waals surface area (Å²) in [5.74, 6) is 2.27. The molecule has 0 saturated heterocycles. The highest BCUT2D eigenvalue weighted by molar-refractivity contribution is 6.07. The molecule has 0 aliphatic carbocycles. The number of nitrogens with one attached hydrogen (secondary N) is 2. The van der Waals surface area contributed by atoms with Gasteiger partial charge in [-0.1, -0.05) is 12.0 Å². The number of amides is 1. The topological polar surface area (TPSA) is 70.7 Å². The van der Waals surface area contributed by atoms with Crippen LogP contribution in [0.15, 0.2) is 54.9 Å². The molecular weight excluding hydrogens is 276 g/mol. The van der Waals surface area contributed by atoms with Crippen molar-refractivity contribution in [3.63, 3.8) is 0 Å². The molecule has 2 aromatic heterocycles. The second kappa shape index (κ2) is 5.94. The van der Waals surface area contributed by atoms with Crippen LogP contribution < -0.4 is 5.32 Å². The van der Waals surface area contributed by atoms with Gasteiger partial charge in [0.25, 0.3) is 5.91 Å². The number of H-pyrrole nitrogens is 1. The molecule has 0 atom stereocenters. The van der Waals surface area contributed by atoms with Crippen molar-refractivity contribution in [2.75, 3.05) is 5.32 Å². The van der Waals surface area contributed by atoms with Gasteiger partial charge >= 0.3 is 0 Å². The Labute approximate surface area is 127 Å². The summed E-state index contributed by atoms with van der Waals surface area (Å²) in [6.45, 7) is 0. The maximum atomic E-state index is 12.4. The number of rotatable bonds is 3. The summed E-state index contributed by atoms with van der Waals surface area (Å²) in [7, 11) is 0. The number of aromatic amines is 1. The summed E-state index contributed by atoms with van der Waals surface area (Å²) < 4.78 is 0. The fourth-order valence-electron chi connectivity index (χ4n) is 2.01. The van der Waals surface area contributed by atoms with Crippen LogP contribution >= 0.6 is 0 Å². The first kappa shape index (κ1) is 13.6. The summed E-state index contributed by atoms with van der Waals surface area (Å²) in [5.41, 5.74) is 3.10. The van der Waals surface area contributed by atoms with Crippen LogP contribution in [-0.4, -0.2) is 21.1 Å². The molecule has 22 heavy (non-hydrogen) atoms. The summed E-state index contributed by atoms with van der Waals surface area (Å²) in [6.07, 6.45) is 8.45. The van der Waals surface area contributed by atoms with Gasteiger partial charge < -0.3 is 5.32 Å². The molecule has 5 nitrogen and oxygen atoms in total. The number of carbonyl (C=O) groups excluding carboxylic acids is 1. The van der Waals surface area contributed by atoms with Gasteiger partial charge in [-0.3, -0.25) is 14.9 Å². The fraction of sp³-hybridized carbons (Fsp3) is 0. The highest BCUT2D eigenvalue weighted by Crippen LogP contribution is 2.19. The average Bonchev–Trinajstić information content (AvgIpc) is 3.06. The molecule has 3 rings (SSSR count). The predicted octanol–water partition coefficient (Wildman–Crippen LogP) is 2.71. The Morgan fingerprint density at radius 2 is 2.00 bits per heavy atom. The van der Waals surface area contributed by atoms with E-state index in [0.717, 1.165) is 5.56 Å². The van der Waals surface area contributed by atoms with Crippen molar-refractivity contribution in [3.05, 3.63) is 66.0 Å². The summed E-state index contributed by atoms with van der Waals surface area (Å²) in [5, 5.41) is 9.55. The third kappa shape index (κ3) is 2.72. The van der Waals surface area contributed by atoms with Crippen molar-refractivity contribution in [2.45, 2.75) is 0 Å². The van der Waals surface area contributed by atoms with E-state index in [1.165, 1.54) is 6.20 Å². The number of hydrogen-bond donors (Lipinski definition) is 2. The predicted molar refractivity (Wildman–Crippen MR) is 84.1 cm³/mol. The van der Waals surface area contributed by atoms with Crippen LogP contribution in [-0.2, 0) is 0 Å². The number of hydrogen-bond acceptors (Lipinski definition) is 3. The Morgan fingerprint density at radius 3 is 2.68 bits per heavy atom. The fourth-order valence-corrected chi connectivity index (χ4v) is 2.01. The molecular formula is C17H12N4O. The van der Waals surface area contributed by atoms with E-state index < -0.39 is 0 Å². The summed E-state index contributed by atoms with van der Waals surface area (Å²) >= 11 is 0. The minimum Gasteiger partial charge on any atom is -0.322 e. The second-order valence-corrected chi connectivity index (χ2v) is 4.55. The van der Waals surface area contributed by atoms with E-state index in [-0.39, 0.29) is 5.91 Å². The summed E-state index contributed by atoms with van der Waals surface area (Å²) in [6, 6.07) is 12.5. The third-order valence-corrected chi connectivity index (χ3v) is 3.11. The van der Waals surface area contributed by atoms with Crippen LogP contribution in [0.5, 0.6) is 0 Å². The molecule has 3 aromatic rings. The number of benzene rings is 1. The van der Waals surface area contributed by atoms with Crippen molar-refractivity contribution in [3.8, 4) is 23.7 Å². The monoisotopic (exact) mass is 288 g/mol. The average molecular weight is 288 g/mol. The maximum absolute atomic E-state index is 12.4. The van der Waals surface area contributed by atoms with Crippen LogP contribution in [0.4, 0.5) is 5.69 Å². The standard InChI is InChI=1S/C17H12N4O/c1-2-12-6-8-13(9-7-12)20-17(22)14-11-19-21-16(14)15-5-3-4-10-18-15/h1,3-11H,(H,19,21)(H,20,22). The minimum atomic E-state index is -0.261. The molecule has 0 spiro atoms. The highest BCUT2D eigenvalue weighted by atomic mass is 16.1. The molecule has 0 unspecified atom stereocenters. The Bertz CT molecular complexity index is 829. The lowest BCUT2D eigenvalue weighted by Crippen LogP contribution is -2.12. The van der Waals surface area contributed by atoms with Crippen LogP contribution in [0.25, 0.3) is 11.4 Å². The van der Waals surface area contributed by atoms with Gasteiger partial charge in [-0.15, -0.1) is 6.42 Å². The van der Waals surface area contributed by atoms with E-state index in [0.29, 0.717) is 22.6 Å². The number of nitrogens with zero attached hydrogens (tertiary/aromatic N) is 2. The number of aromatic nitrogens is 3. The van der Waals surface area contributed by atoms with Crippen LogP contribution in [0, 0.1) is 12.3 Å². The van der Waals surface area contributed by atoms with Crippen molar-refractivity contribution < 1.29 is 4.79 Å². The van der Waals surface area contributed by atoms with Crippen molar-refractivity contribution in [2.24, 2.45) is 0 Å². The van der Waals surface area contributed by atoms with Crippen LogP contribution in [0.1, 0.15) is 15.9 Å². The number of carbonyl (C=O) groups is 1. The first-order valence-electron chi connectivity index (χ1n) is 6.61. The number of terminal acetylenes is 1. The quantitative estimate of drug-likeness (QED) is 0.728. The summed E-state index contributed by atoms with van der Waals surface area (Å²) in [4.78, 5) is 16.6. The van der Waals surface area contributed by atoms with Crippen LogP contribution in [0.2, 0.25) is 0 Å². The molecule has 2 heterocycles. The zero-order valence-electron chi connectivity index (χ0n) is 11.6. The largest absolute Gasteiger partial charge is 0.322 e. The number of pyridine rings is 1. The van der Waals surface area contributed by atoms with Crippen molar-refractivity contribution in [1.82, 2.24) is 15.2 Å². The first-order chi connectivity index (χ1) is 10.8. The van der Waals surface area contributed by atoms with E-state index in [1.54, 1.807) is 30.5 Å². The normalized spacial score (nSPS) is 9.95. The Morgan fingerprint density at radius 1 is 1.18 bits per heavy atom. The van der Waals surface area contributed by atoms with Gasteiger partial charge in [0, 0.05) is 17.4 Å². The SMILES string of the molecule is C#Cc1ccc(NC(=O)c2cn[nH]c2-c2ccccn2)cc1. The lowest BCUT2D eigenvalue weighted by atomic mass is 10.1. The highest BCUT2D eigenvalue weighted by Gasteiger charge is 2.16. The second-order valence-electron chi connectivity index (χ2n) is 4.55. The van der Waals surface area contributed by atoms with Gasteiger partial charge in [-0.2, -0.15) is 5.10 Å². The van der Waals surface area contributed by atoms with E-state index in [1.807, 2.05) is 18.2 Å². The van der Waals surface area contributed by atoms with Crippen LogP contribution in [0.3, 0.4) is 0 Å². The molecule has 0 radical (unpaired) electrons. The molecule has 0 aliphatic rings. The molecule has 1 aromatic carbocycles. The van der Waals surface area contributed by atoms with Gasteiger partial charge in [-0.05, 0) is 36.4 Å². The lowest BCUT2D eigenvalue weighted by molar-refractivity contribution is 0.102. The Kier molecular flexibility index (Phi) is 3.67. The smallest absolute Gasteiger partial charge is 0.259 e. The van der Waals surface area contributed by atoms with Gasteiger partial charge in [0.1, 0.15) is 0 Å². The first-order valence-corrected chi connectivity index (χ1v) is 6.61. The Balaban J connectivity index is 1.84. The van der Waals surface area contributed by atoms with E-state index in [2.05, 4.69) is 26.4 Å². The van der Waals surface area contributed by atoms with E-state index in [4.69, 9.17) is 6.42 Å². The molecule has 0 aliphatic heterocycles. The van der Waals surface area contributed by atoms with Gasteiger partial charge in [-0.25, -0.2) is 0 Å². The molecule has 0 saturated carbocycles. The zero-order valence-corrected chi connectivity index (χ0v) is 11.6. The van der Waals surface area contributed by atoms with Crippen molar-refractivity contribution >= 4 is 11.6 Å². The Hall–Kier alpha value is -3.39. The van der Waals surface area contributed by atoms with E-state index >= 15 is 0 Å².